The minimum Gasteiger partial charge on any atom is -0.492 e. The molecule has 0 saturated heterocycles. The number of hydrogen-bond acceptors (Lipinski definition) is 3. The molecule has 0 fully saturated rings. The van der Waals surface area contributed by atoms with E-state index >= 15 is 0 Å². The van der Waals surface area contributed by atoms with E-state index in [2.05, 4.69) is 51.7 Å². The van der Waals surface area contributed by atoms with Crippen molar-refractivity contribution in [3.8, 4) is 5.75 Å². The van der Waals surface area contributed by atoms with Crippen LogP contribution in [0, 0.1) is 0 Å². The number of ether oxygens (including phenoxy) is 1. The van der Waals surface area contributed by atoms with Gasteiger partial charge in [0.2, 0.25) is 0 Å². The molecule has 0 aliphatic carbocycles. The van der Waals surface area contributed by atoms with Gasteiger partial charge < -0.3 is 20.3 Å². The molecular weight excluding hydrogens is 451 g/mol. The summed E-state index contributed by atoms with van der Waals surface area (Å²) in [5.41, 5.74) is 2.36. The maximum atomic E-state index is 5.80. The first-order chi connectivity index (χ1) is 12.7. The number of nitrogens with one attached hydrogen (secondary N) is 2. The van der Waals surface area contributed by atoms with Gasteiger partial charge in [-0.15, -0.1) is 24.0 Å². The lowest BCUT2D eigenvalue weighted by Gasteiger charge is -2.12. The summed E-state index contributed by atoms with van der Waals surface area (Å²) in [7, 11) is 4.08. The van der Waals surface area contributed by atoms with E-state index in [1.807, 2.05) is 44.4 Å². The van der Waals surface area contributed by atoms with Crippen molar-refractivity contribution in [2.75, 3.05) is 33.8 Å². The van der Waals surface area contributed by atoms with Gasteiger partial charge in [0.1, 0.15) is 12.4 Å². The van der Waals surface area contributed by atoms with Gasteiger partial charge in [0.05, 0.1) is 6.54 Å². The third-order valence-corrected chi connectivity index (χ3v) is 3.77. The van der Waals surface area contributed by atoms with E-state index in [4.69, 9.17) is 4.74 Å². The number of halogens is 1. The minimum atomic E-state index is 0. The van der Waals surface area contributed by atoms with E-state index in [0.29, 0.717) is 13.2 Å². The van der Waals surface area contributed by atoms with Gasteiger partial charge in [-0.05, 0) is 44.3 Å². The molecule has 148 valence electrons. The summed E-state index contributed by atoms with van der Waals surface area (Å²) in [6.07, 6.45) is 0. The van der Waals surface area contributed by atoms with Gasteiger partial charge in [-0.3, -0.25) is 0 Å². The quantitative estimate of drug-likeness (QED) is 0.327. The number of benzene rings is 2. The lowest BCUT2D eigenvalue weighted by Crippen LogP contribution is -2.36. The fourth-order valence-corrected chi connectivity index (χ4v) is 2.37. The summed E-state index contributed by atoms with van der Waals surface area (Å²) in [6.45, 7) is 5.83. The molecule has 0 heterocycles. The maximum absolute atomic E-state index is 5.80. The van der Waals surface area contributed by atoms with E-state index in [1.54, 1.807) is 0 Å². The molecule has 2 rings (SSSR count). The van der Waals surface area contributed by atoms with Crippen molar-refractivity contribution in [1.82, 2.24) is 15.5 Å². The molecule has 0 spiro atoms. The highest BCUT2D eigenvalue weighted by atomic mass is 127. The van der Waals surface area contributed by atoms with Crippen LogP contribution in [0.25, 0.3) is 0 Å². The van der Waals surface area contributed by atoms with Crippen LogP contribution >= 0.6 is 24.0 Å². The van der Waals surface area contributed by atoms with Crippen LogP contribution in [0.4, 0.5) is 0 Å². The molecule has 5 nitrogen and oxygen atoms in total. The van der Waals surface area contributed by atoms with E-state index in [0.717, 1.165) is 36.9 Å². The third-order valence-electron chi connectivity index (χ3n) is 3.77. The fraction of sp³-hybridized carbons (Fsp3) is 0.381. The molecule has 0 unspecified atom stereocenters. The Kier molecular flexibility index (Phi) is 11.5. The Morgan fingerprint density at radius 3 is 2.44 bits per heavy atom. The molecule has 0 aromatic heterocycles. The molecule has 0 saturated carbocycles. The van der Waals surface area contributed by atoms with Crippen molar-refractivity contribution >= 4 is 29.9 Å². The molecule has 0 amide bonds. The van der Waals surface area contributed by atoms with Crippen LogP contribution in [0.15, 0.2) is 59.6 Å². The molecule has 2 N–H and O–H groups in total. The Bertz CT molecular complexity index is 677. The fourth-order valence-electron chi connectivity index (χ4n) is 2.37. The average molecular weight is 482 g/mol. The monoisotopic (exact) mass is 482 g/mol. The van der Waals surface area contributed by atoms with Crippen molar-refractivity contribution in [2.45, 2.75) is 20.0 Å². The van der Waals surface area contributed by atoms with Gasteiger partial charge in [0.25, 0.3) is 0 Å². The summed E-state index contributed by atoms with van der Waals surface area (Å²) >= 11 is 0. The van der Waals surface area contributed by atoms with E-state index in [1.165, 1.54) is 5.56 Å². The topological polar surface area (TPSA) is 48.9 Å². The van der Waals surface area contributed by atoms with Crippen LogP contribution in [0.1, 0.15) is 18.1 Å². The first-order valence-electron chi connectivity index (χ1n) is 9.10. The highest BCUT2D eigenvalue weighted by Gasteiger charge is 2.00. The van der Waals surface area contributed by atoms with Crippen molar-refractivity contribution in [3.63, 3.8) is 0 Å². The Morgan fingerprint density at radius 1 is 1.00 bits per heavy atom. The number of hydrogen-bond donors (Lipinski definition) is 2. The molecule has 0 aliphatic rings. The normalized spacial score (nSPS) is 11.0. The van der Waals surface area contributed by atoms with Crippen LogP contribution in [0.2, 0.25) is 0 Å². The Balaban J connectivity index is 0.00000364. The SMILES string of the molecule is CCNC(=NCc1cccc(OCCN(C)C)c1)NCc1ccccc1.I. The van der Waals surface area contributed by atoms with Gasteiger partial charge in [0, 0.05) is 19.6 Å². The van der Waals surface area contributed by atoms with Crippen LogP contribution in [0.3, 0.4) is 0 Å². The lowest BCUT2D eigenvalue weighted by atomic mass is 10.2. The largest absolute Gasteiger partial charge is 0.492 e. The maximum Gasteiger partial charge on any atom is 0.191 e. The number of likely N-dealkylation sites (N-methyl/N-ethyl adjacent to an activating group) is 1. The Hall–Kier alpha value is -1.80. The minimum absolute atomic E-state index is 0. The highest BCUT2D eigenvalue weighted by molar-refractivity contribution is 14.0. The zero-order chi connectivity index (χ0) is 18.6. The number of guanidine groups is 1. The predicted octanol–water partition coefficient (Wildman–Crippen LogP) is 3.50. The lowest BCUT2D eigenvalue weighted by molar-refractivity contribution is 0.261. The molecule has 27 heavy (non-hydrogen) atoms. The second-order valence-electron chi connectivity index (χ2n) is 6.33. The smallest absolute Gasteiger partial charge is 0.191 e. The Labute approximate surface area is 180 Å². The van der Waals surface area contributed by atoms with Crippen LogP contribution in [-0.4, -0.2) is 44.7 Å². The summed E-state index contributed by atoms with van der Waals surface area (Å²) in [4.78, 5) is 6.79. The molecular formula is C21H31IN4O. The van der Waals surface area contributed by atoms with E-state index in [9.17, 15) is 0 Å². The third kappa shape index (κ3) is 9.63. The first-order valence-corrected chi connectivity index (χ1v) is 9.10. The summed E-state index contributed by atoms with van der Waals surface area (Å²) < 4.78 is 5.80. The van der Waals surface area contributed by atoms with Gasteiger partial charge in [-0.25, -0.2) is 4.99 Å². The van der Waals surface area contributed by atoms with Gasteiger partial charge >= 0.3 is 0 Å². The van der Waals surface area contributed by atoms with Crippen LogP contribution < -0.4 is 15.4 Å². The van der Waals surface area contributed by atoms with Gasteiger partial charge in [-0.2, -0.15) is 0 Å². The van der Waals surface area contributed by atoms with Crippen molar-refractivity contribution in [3.05, 3.63) is 65.7 Å². The number of rotatable bonds is 9. The Morgan fingerprint density at radius 2 is 1.74 bits per heavy atom. The van der Waals surface area contributed by atoms with E-state index < -0.39 is 0 Å². The standard InChI is InChI=1S/C21H30N4O.HI/c1-4-22-21(23-16-18-9-6-5-7-10-18)24-17-19-11-8-12-20(15-19)26-14-13-25(2)3;/h5-12,15H,4,13-14,16-17H2,1-3H3,(H2,22,23,24);1H. The summed E-state index contributed by atoms with van der Waals surface area (Å²) in [6, 6.07) is 18.4. The first kappa shape index (κ1) is 23.2. The van der Waals surface area contributed by atoms with Gasteiger partial charge in [-0.1, -0.05) is 42.5 Å². The van der Waals surface area contributed by atoms with Crippen molar-refractivity contribution in [1.29, 1.82) is 0 Å². The molecule has 2 aromatic carbocycles. The average Bonchev–Trinajstić information content (AvgIpc) is 2.65. The summed E-state index contributed by atoms with van der Waals surface area (Å²) in [5.74, 6) is 1.71. The van der Waals surface area contributed by atoms with Crippen molar-refractivity contribution in [2.24, 2.45) is 4.99 Å². The molecule has 0 radical (unpaired) electrons. The number of aliphatic imine (C=N–C) groups is 1. The molecule has 6 heteroatoms. The molecule has 0 aliphatic heterocycles. The molecule has 0 bridgehead atoms. The second-order valence-corrected chi connectivity index (χ2v) is 6.33. The van der Waals surface area contributed by atoms with Crippen molar-refractivity contribution < 1.29 is 4.74 Å². The second kappa shape index (κ2) is 13.4. The summed E-state index contributed by atoms with van der Waals surface area (Å²) in [5, 5.41) is 6.66. The van der Waals surface area contributed by atoms with Crippen LogP contribution in [0.5, 0.6) is 5.75 Å². The predicted molar refractivity (Wildman–Crippen MR) is 124 cm³/mol. The van der Waals surface area contributed by atoms with E-state index in [-0.39, 0.29) is 24.0 Å². The molecule has 0 atom stereocenters. The van der Waals surface area contributed by atoms with Gasteiger partial charge in [0.15, 0.2) is 5.96 Å². The zero-order valence-electron chi connectivity index (χ0n) is 16.4. The highest BCUT2D eigenvalue weighted by Crippen LogP contribution is 2.14. The number of nitrogens with zero attached hydrogens (tertiary/aromatic N) is 2. The van der Waals surface area contributed by atoms with Crippen LogP contribution in [-0.2, 0) is 13.1 Å². The molecule has 2 aromatic rings. The zero-order valence-corrected chi connectivity index (χ0v) is 18.8.